The molecule has 4 aromatic rings. The Morgan fingerprint density at radius 3 is 2.68 bits per heavy atom. The lowest BCUT2D eigenvalue weighted by Crippen LogP contribution is -2.24. The number of fused-ring (bicyclic) bond motifs is 1. The molecule has 0 atom stereocenters. The van der Waals surface area contributed by atoms with E-state index in [1.54, 1.807) is 0 Å². The number of benzene rings is 2. The van der Waals surface area contributed by atoms with Crippen LogP contribution in [0, 0.1) is 0 Å². The smallest absolute Gasteiger partial charge is 0.268 e. The Balaban J connectivity index is 1.50. The zero-order valence-corrected chi connectivity index (χ0v) is 13.9. The third-order valence-corrected chi connectivity index (χ3v) is 4.34. The van der Waals surface area contributed by atoms with Gasteiger partial charge in [-0.1, -0.05) is 48.5 Å². The van der Waals surface area contributed by atoms with Crippen molar-refractivity contribution >= 4 is 16.8 Å². The van der Waals surface area contributed by atoms with Gasteiger partial charge in [0.25, 0.3) is 5.91 Å². The average Bonchev–Trinajstić information content (AvgIpc) is 3.24. The minimum absolute atomic E-state index is 0.138. The summed E-state index contributed by atoms with van der Waals surface area (Å²) in [6.45, 7) is 0.373. The monoisotopic (exact) mass is 330 g/mol. The topological polar surface area (TPSA) is 62.7 Å². The first kappa shape index (κ1) is 15.2. The number of carbonyl (C=O) groups is 1. The molecule has 2 aromatic heterocycles. The van der Waals surface area contributed by atoms with Gasteiger partial charge in [-0.3, -0.25) is 4.79 Å². The molecule has 0 aliphatic heterocycles. The predicted octanol–water partition coefficient (Wildman–Crippen LogP) is 3.50. The molecule has 5 nitrogen and oxygen atoms in total. The Hall–Kier alpha value is -3.34. The van der Waals surface area contributed by atoms with Crippen LogP contribution in [0.4, 0.5) is 0 Å². The van der Waals surface area contributed by atoms with Crippen molar-refractivity contribution in [3.05, 3.63) is 78.4 Å². The molecule has 5 heteroatoms. The second-order valence-corrected chi connectivity index (χ2v) is 5.94. The van der Waals surface area contributed by atoms with Crippen LogP contribution in [0.15, 0.2) is 66.9 Å². The predicted molar refractivity (Wildman–Crippen MR) is 98.1 cm³/mol. The second kappa shape index (κ2) is 6.28. The molecule has 0 unspecified atom stereocenters. The maximum Gasteiger partial charge on any atom is 0.268 e. The van der Waals surface area contributed by atoms with Crippen LogP contribution < -0.4 is 5.32 Å². The molecule has 4 rings (SSSR count). The molecule has 0 saturated carbocycles. The zero-order valence-electron chi connectivity index (χ0n) is 13.9. The summed E-state index contributed by atoms with van der Waals surface area (Å²) in [5.41, 5.74) is 3.64. The van der Waals surface area contributed by atoms with Crippen molar-refractivity contribution in [1.29, 1.82) is 0 Å². The Bertz CT molecular complexity index is 997. The highest BCUT2D eigenvalue weighted by Gasteiger charge is 2.12. The fourth-order valence-corrected chi connectivity index (χ4v) is 2.94. The highest BCUT2D eigenvalue weighted by molar-refractivity contribution is 5.97. The normalized spacial score (nSPS) is 10.9. The molecule has 0 aliphatic carbocycles. The number of rotatable bonds is 4. The standard InChI is InChI=1S/C20H18N4O/c1-24-18(14-7-3-2-4-8-14)12-21-19(24)13-22-20(25)17-11-15-9-5-6-10-16(15)23-17/h2-12,23H,13H2,1H3,(H,22,25). The SMILES string of the molecule is Cn1c(-c2ccccc2)cnc1CNC(=O)c1cc2ccccc2[nH]1. The second-order valence-electron chi connectivity index (χ2n) is 5.94. The molecule has 2 N–H and O–H groups in total. The minimum atomic E-state index is -0.138. The van der Waals surface area contributed by atoms with Gasteiger partial charge in [0.1, 0.15) is 11.5 Å². The number of amides is 1. The largest absolute Gasteiger partial charge is 0.351 e. The Morgan fingerprint density at radius 1 is 1.12 bits per heavy atom. The molecule has 0 fully saturated rings. The molecule has 0 aliphatic rings. The quantitative estimate of drug-likeness (QED) is 0.601. The third kappa shape index (κ3) is 2.92. The van der Waals surface area contributed by atoms with Gasteiger partial charge in [0.05, 0.1) is 18.4 Å². The van der Waals surface area contributed by atoms with E-state index in [0.717, 1.165) is 28.0 Å². The summed E-state index contributed by atoms with van der Waals surface area (Å²) in [7, 11) is 1.96. The van der Waals surface area contributed by atoms with Gasteiger partial charge < -0.3 is 14.9 Å². The van der Waals surface area contributed by atoms with E-state index in [2.05, 4.69) is 15.3 Å². The van der Waals surface area contributed by atoms with Crippen molar-refractivity contribution in [3.63, 3.8) is 0 Å². The number of hydrogen-bond donors (Lipinski definition) is 2. The van der Waals surface area contributed by atoms with E-state index in [4.69, 9.17) is 0 Å². The average molecular weight is 330 g/mol. The number of aromatic nitrogens is 3. The fourth-order valence-electron chi connectivity index (χ4n) is 2.94. The van der Waals surface area contributed by atoms with Crippen molar-refractivity contribution in [2.24, 2.45) is 7.05 Å². The van der Waals surface area contributed by atoms with E-state index in [0.29, 0.717) is 12.2 Å². The highest BCUT2D eigenvalue weighted by atomic mass is 16.1. The van der Waals surface area contributed by atoms with E-state index < -0.39 is 0 Å². The summed E-state index contributed by atoms with van der Waals surface area (Å²) in [6, 6.07) is 19.8. The van der Waals surface area contributed by atoms with Crippen molar-refractivity contribution in [1.82, 2.24) is 19.9 Å². The van der Waals surface area contributed by atoms with E-state index >= 15 is 0 Å². The first-order valence-electron chi connectivity index (χ1n) is 8.14. The van der Waals surface area contributed by atoms with E-state index in [9.17, 15) is 4.79 Å². The number of H-pyrrole nitrogens is 1. The van der Waals surface area contributed by atoms with Crippen LogP contribution in [0.5, 0.6) is 0 Å². The van der Waals surface area contributed by atoms with E-state index in [-0.39, 0.29) is 5.91 Å². The summed E-state index contributed by atoms with van der Waals surface area (Å²) >= 11 is 0. The Morgan fingerprint density at radius 2 is 1.88 bits per heavy atom. The van der Waals surface area contributed by atoms with Gasteiger partial charge in [0, 0.05) is 18.0 Å². The van der Waals surface area contributed by atoms with Gasteiger partial charge in [0.2, 0.25) is 0 Å². The number of carbonyl (C=O) groups excluding carboxylic acids is 1. The van der Waals surface area contributed by atoms with Crippen LogP contribution in [0.2, 0.25) is 0 Å². The first-order chi connectivity index (χ1) is 12.2. The lowest BCUT2D eigenvalue weighted by molar-refractivity contribution is 0.0945. The van der Waals surface area contributed by atoms with E-state index in [1.165, 1.54) is 0 Å². The molecule has 0 bridgehead atoms. The summed E-state index contributed by atoms with van der Waals surface area (Å²) in [5.74, 6) is 0.670. The number of nitrogens with zero attached hydrogens (tertiary/aromatic N) is 2. The zero-order chi connectivity index (χ0) is 17.2. The molecule has 2 heterocycles. The van der Waals surface area contributed by atoms with Crippen molar-refractivity contribution in [3.8, 4) is 11.3 Å². The number of imidazole rings is 1. The van der Waals surface area contributed by atoms with Crippen LogP contribution >= 0.6 is 0 Å². The molecule has 1 amide bonds. The van der Waals surface area contributed by atoms with Crippen molar-refractivity contribution < 1.29 is 4.79 Å². The number of hydrogen-bond acceptors (Lipinski definition) is 2. The van der Waals surface area contributed by atoms with Gasteiger partial charge in [-0.05, 0) is 17.7 Å². The van der Waals surface area contributed by atoms with E-state index in [1.807, 2.05) is 78.5 Å². The molecule has 0 radical (unpaired) electrons. The van der Waals surface area contributed by atoms with Gasteiger partial charge in [-0.2, -0.15) is 0 Å². The lowest BCUT2D eigenvalue weighted by Gasteiger charge is -2.07. The molecule has 2 aromatic carbocycles. The third-order valence-electron chi connectivity index (χ3n) is 4.34. The summed E-state index contributed by atoms with van der Waals surface area (Å²) < 4.78 is 2.00. The summed E-state index contributed by atoms with van der Waals surface area (Å²) in [6.07, 6.45) is 1.83. The fraction of sp³-hybridized carbons (Fsp3) is 0.100. The van der Waals surface area contributed by atoms with Gasteiger partial charge in [-0.25, -0.2) is 4.98 Å². The van der Waals surface area contributed by atoms with Crippen molar-refractivity contribution in [2.75, 3.05) is 0 Å². The summed E-state index contributed by atoms with van der Waals surface area (Å²) in [4.78, 5) is 20.0. The van der Waals surface area contributed by atoms with Crippen molar-refractivity contribution in [2.45, 2.75) is 6.54 Å². The molecule has 124 valence electrons. The van der Waals surface area contributed by atoms with Crippen LogP contribution in [-0.4, -0.2) is 20.4 Å². The highest BCUT2D eigenvalue weighted by Crippen LogP contribution is 2.19. The molecule has 0 spiro atoms. The molecular formula is C20H18N4O. The molecule has 0 saturated heterocycles. The minimum Gasteiger partial charge on any atom is -0.351 e. The maximum atomic E-state index is 12.4. The first-order valence-corrected chi connectivity index (χ1v) is 8.14. The summed E-state index contributed by atoms with van der Waals surface area (Å²) in [5, 5.41) is 3.95. The van der Waals surface area contributed by atoms with Crippen LogP contribution in [0.25, 0.3) is 22.2 Å². The number of para-hydroxylation sites is 1. The lowest BCUT2D eigenvalue weighted by atomic mass is 10.2. The Kier molecular flexibility index (Phi) is 3.82. The Labute approximate surface area is 145 Å². The van der Waals surface area contributed by atoms with Gasteiger partial charge >= 0.3 is 0 Å². The maximum absolute atomic E-state index is 12.4. The number of aromatic amines is 1. The molecule has 25 heavy (non-hydrogen) atoms. The van der Waals surface area contributed by atoms with Gasteiger partial charge in [-0.15, -0.1) is 0 Å². The number of nitrogens with one attached hydrogen (secondary N) is 2. The molecular weight excluding hydrogens is 312 g/mol. The van der Waals surface area contributed by atoms with Gasteiger partial charge in [0.15, 0.2) is 0 Å². The van der Waals surface area contributed by atoms with Crippen LogP contribution in [-0.2, 0) is 13.6 Å². The van der Waals surface area contributed by atoms with Crippen LogP contribution in [0.1, 0.15) is 16.3 Å². The van der Waals surface area contributed by atoms with Crippen LogP contribution in [0.3, 0.4) is 0 Å².